The highest BCUT2D eigenvalue weighted by Crippen LogP contribution is 1.99. The van der Waals surface area contributed by atoms with Crippen molar-refractivity contribution in [3.05, 3.63) is 0 Å². The van der Waals surface area contributed by atoms with Crippen molar-refractivity contribution in [1.29, 1.82) is 0 Å². The van der Waals surface area contributed by atoms with Gasteiger partial charge in [-0.25, -0.2) is 0 Å². The molecular weight excluding hydrogens is 142 g/mol. The average molecular weight is 161 g/mol. The largest absolute Gasteiger partial charge is 0.356 e. The molecule has 0 aliphatic rings. The molecule has 1 atom stereocenters. The molecule has 3 nitrogen and oxygen atoms in total. The van der Waals surface area contributed by atoms with Gasteiger partial charge in [0, 0.05) is 13.7 Å². The Balaban J connectivity index is 3.56. The lowest BCUT2D eigenvalue weighted by atomic mass is 10.3. The van der Waals surface area contributed by atoms with E-state index in [9.17, 15) is 5.11 Å². The molecule has 0 rings (SSSR count). The third-order valence-corrected chi connectivity index (χ3v) is 1.73. The minimum absolute atomic E-state index is 0.730. The van der Waals surface area contributed by atoms with E-state index < -0.39 is 6.41 Å². The SMILES string of the molecule is CCCCN(CC)C(O)OC. The van der Waals surface area contributed by atoms with Crippen molar-refractivity contribution >= 4 is 0 Å². The highest BCUT2D eigenvalue weighted by atomic mass is 16.6. The summed E-state index contributed by atoms with van der Waals surface area (Å²) in [4.78, 5) is 1.89. The molecule has 0 bridgehead atoms. The van der Waals surface area contributed by atoms with E-state index in [-0.39, 0.29) is 0 Å². The van der Waals surface area contributed by atoms with Crippen LogP contribution in [0.1, 0.15) is 26.7 Å². The Kier molecular flexibility index (Phi) is 6.51. The lowest BCUT2D eigenvalue weighted by molar-refractivity contribution is -0.175. The summed E-state index contributed by atoms with van der Waals surface area (Å²) in [6, 6.07) is 0. The van der Waals surface area contributed by atoms with Crippen LogP contribution in [0.3, 0.4) is 0 Å². The highest BCUT2D eigenvalue weighted by molar-refractivity contribution is 4.51. The van der Waals surface area contributed by atoms with Crippen LogP contribution in [0.5, 0.6) is 0 Å². The molecule has 0 amide bonds. The summed E-state index contributed by atoms with van der Waals surface area (Å²) in [6.45, 7) is 5.88. The van der Waals surface area contributed by atoms with E-state index in [1.807, 2.05) is 11.8 Å². The van der Waals surface area contributed by atoms with Crippen molar-refractivity contribution in [2.45, 2.75) is 33.1 Å². The Morgan fingerprint density at radius 3 is 2.45 bits per heavy atom. The van der Waals surface area contributed by atoms with Gasteiger partial charge < -0.3 is 9.84 Å². The molecule has 0 aromatic heterocycles. The second-order valence-electron chi connectivity index (χ2n) is 2.54. The molecule has 0 aliphatic carbocycles. The topological polar surface area (TPSA) is 32.7 Å². The Morgan fingerprint density at radius 1 is 1.45 bits per heavy atom. The fraction of sp³-hybridized carbons (Fsp3) is 1.00. The van der Waals surface area contributed by atoms with Crippen LogP contribution in [-0.4, -0.2) is 36.6 Å². The molecule has 0 saturated carbocycles. The Bertz CT molecular complexity index is 88.2. The van der Waals surface area contributed by atoms with Crippen LogP contribution in [-0.2, 0) is 4.74 Å². The van der Waals surface area contributed by atoms with Gasteiger partial charge in [-0.3, -0.25) is 4.90 Å². The predicted molar refractivity (Wildman–Crippen MR) is 45.2 cm³/mol. The zero-order valence-corrected chi connectivity index (χ0v) is 7.71. The quantitative estimate of drug-likeness (QED) is 0.591. The lowest BCUT2D eigenvalue weighted by Gasteiger charge is -2.24. The first-order valence-electron chi connectivity index (χ1n) is 4.21. The van der Waals surface area contributed by atoms with Crippen molar-refractivity contribution in [3.8, 4) is 0 Å². The van der Waals surface area contributed by atoms with E-state index in [0.29, 0.717) is 0 Å². The molecule has 0 aromatic rings. The predicted octanol–water partition coefficient (Wildman–Crippen LogP) is 1.03. The first-order valence-corrected chi connectivity index (χ1v) is 4.21. The van der Waals surface area contributed by atoms with E-state index in [1.165, 1.54) is 7.11 Å². The molecule has 0 aromatic carbocycles. The van der Waals surface area contributed by atoms with Crippen molar-refractivity contribution < 1.29 is 9.84 Å². The van der Waals surface area contributed by atoms with Crippen LogP contribution in [0, 0.1) is 0 Å². The number of hydrogen-bond acceptors (Lipinski definition) is 3. The third kappa shape index (κ3) is 4.35. The number of ether oxygens (including phenoxy) is 1. The Morgan fingerprint density at radius 2 is 2.09 bits per heavy atom. The van der Waals surface area contributed by atoms with Crippen LogP contribution >= 0.6 is 0 Å². The summed E-state index contributed by atoms with van der Waals surface area (Å²) >= 11 is 0. The molecule has 3 heteroatoms. The number of aliphatic hydroxyl groups excluding tert-OH is 1. The number of hydrogen-bond donors (Lipinski definition) is 1. The molecule has 1 N–H and O–H groups in total. The van der Waals surface area contributed by atoms with Gasteiger partial charge in [-0.15, -0.1) is 0 Å². The van der Waals surface area contributed by atoms with Gasteiger partial charge in [0.25, 0.3) is 0 Å². The molecule has 68 valence electrons. The Labute approximate surface area is 69.0 Å². The second kappa shape index (κ2) is 6.58. The van der Waals surface area contributed by atoms with E-state index in [1.54, 1.807) is 0 Å². The normalized spacial score (nSPS) is 13.9. The number of rotatable bonds is 6. The molecule has 0 saturated heterocycles. The van der Waals surface area contributed by atoms with Gasteiger partial charge in [0.05, 0.1) is 0 Å². The number of methoxy groups -OCH3 is 1. The maximum Gasteiger partial charge on any atom is 0.215 e. The smallest absolute Gasteiger partial charge is 0.215 e. The van der Waals surface area contributed by atoms with Gasteiger partial charge in [0.15, 0.2) is 0 Å². The van der Waals surface area contributed by atoms with Crippen LogP contribution in [0.15, 0.2) is 0 Å². The summed E-state index contributed by atoms with van der Waals surface area (Å²) in [5, 5.41) is 9.25. The highest BCUT2D eigenvalue weighted by Gasteiger charge is 2.10. The van der Waals surface area contributed by atoms with Crippen molar-refractivity contribution in [1.82, 2.24) is 4.90 Å². The minimum Gasteiger partial charge on any atom is -0.356 e. The third-order valence-electron chi connectivity index (χ3n) is 1.73. The average Bonchev–Trinajstić information content (AvgIpc) is 2.05. The standard InChI is InChI=1S/C8H19NO2/c1-4-6-7-9(5-2)8(10)11-3/h8,10H,4-7H2,1-3H3. The van der Waals surface area contributed by atoms with Crippen LogP contribution in [0.2, 0.25) is 0 Å². The monoisotopic (exact) mass is 161 g/mol. The van der Waals surface area contributed by atoms with Crippen molar-refractivity contribution in [3.63, 3.8) is 0 Å². The maximum atomic E-state index is 9.25. The molecule has 0 spiro atoms. The number of nitrogens with zero attached hydrogens (tertiary/aromatic N) is 1. The molecular formula is C8H19NO2. The molecule has 0 aliphatic heterocycles. The zero-order chi connectivity index (χ0) is 8.69. The van der Waals surface area contributed by atoms with E-state index >= 15 is 0 Å². The maximum absolute atomic E-state index is 9.25. The van der Waals surface area contributed by atoms with E-state index in [4.69, 9.17) is 4.74 Å². The molecule has 1 unspecified atom stereocenters. The van der Waals surface area contributed by atoms with Gasteiger partial charge in [0.2, 0.25) is 6.41 Å². The van der Waals surface area contributed by atoms with Crippen LogP contribution in [0.25, 0.3) is 0 Å². The van der Waals surface area contributed by atoms with Crippen molar-refractivity contribution in [2.75, 3.05) is 20.2 Å². The molecule has 0 fully saturated rings. The molecule has 0 heterocycles. The van der Waals surface area contributed by atoms with Gasteiger partial charge in [-0.05, 0) is 13.0 Å². The van der Waals surface area contributed by atoms with E-state index in [0.717, 1.165) is 25.9 Å². The van der Waals surface area contributed by atoms with Crippen LogP contribution in [0.4, 0.5) is 0 Å². The first-order chi connectivity index (χ1) is 5.26. The molecule has 11 heavy (non-hydrogen) atoms. The van der Waals surface area contributed by atoms with Gasteiger partial charge in [-0.1, -0.05) is 20.3 Å². The first kappa shape index (κ1) is 10.9. The Hall–Kier alpha value is -0.120. The summed E-state index contributed by atoms with van der Waals surface area (Å²) in [5.41, 5.74) is 0. The minimum atomic E-state index is -0.730. The summed E-state index contributed by atoms with van der Waals surface area (Å²) in [7, 11) is 1.51. The fourth-order valence-corrected chi connectivity index (χ4v) is 0.935. The lowest BCUT2D eigenvalue weighted by Crippen LogP contribution is -2.36. The summed E-state index contributed by atoms with van der Waals surface area (Å²) < 4.78 is 4.78. The zero-order valence-electron chi connectivity index (χ0n) is 7.71. The fourth-order valence-electron chi connectivity index (χ4n) is 0.935. The van der Waals surface area contributed by atoms with E-state index in [2.05, 4.69) is 6.92 Å². The van der Waals surface area contributed by atoms with Gasteiger partial charge >= 0.3 is 0 Å². The number of aliphatic hydroxyl groups is 1. The summed E-state index contributed by atoms with van der Waals surface area (Å²) in [6.07, 6.45) is 1.52. The van der Waals surface area contributed by atoms with Gasteiger partial charge in [0.1, 0.15) is 0 Å². The summed E-state index contributed by atoms with van der Waals surface area (Å²) in [5.74, 6) is 0. The second-order valence-corrected chi connectivity index (χ2v) is 2.54. The molecule has 0 radical (unpaired) electrons. The van der Waals surface area contributed by atoms with Gasteiger partial charge in [-0.2, -0.15) is 0 Å². The number of unbranched alkanes of at least 4 members (excludes halogenated alkanes) is 1. The van der Waals surface area contributed by atoms with Crippen molar-refractivity contribution in [2.24, 2.45) is 0 Å². The van der Waals surface area contributed by atoms with Crippen LogP contribution < -0.4 is 0 Å².